The fraction of sp³-hybridized carbons (Fsp3) is 0.346. The van der Waals surface area contributed by atoms with Gasteiger partial charge in [-0.3, -0.25) is 9.88 Å². The van der Waals surface area contributed by atoms with Crippen molar-refractivity contribution in [1.82, 2.24) is 20.2 Å². The topological polar surface area (TPSA) is 73.4 Å². The van der Waals surface area contributed by atoms with Crippen LogP contribution in [0.15, 0.2) is 60.8 Å². The molecule has 0 bridgehead atoms. The third-order valence-corrected chi connectivity index (χ3v) is 6.74. The molecule has 2 aromatic heterocycles. The summed E-state index contributed by atoms with van der Waals surface area (Å²) in [4.78, 5) is 10.1. The lowest BCUT2D eigenvalue weighted by Gasteiger charge is -2.42. The van der Waals surface area contributed by atoms with Gasteiger partial charge >= 0.3 is 0 Å². The highest BCUT2D eigenvalue weighted by molar-refractivity contribution is 5.84. The molecule has 0 amide bonds. The molecule has 3 N–H and O–H groups in total. The Kier molecular flexibility index (Phi) is 5.59. The molecule has 1 saturated heterocycles. The van der Waals surface area contributed by atoms with Crippen LogP contribution in [0.2, 0.25) is 0 Å². The van der Waals surface area contributed by atoms with E-state index in [4.69, 9.17) is 4.74 Å². The molecule has 1 aliphatic heterocycles. The summed E-state index contributed by atoms with van der Waals surface area (Å²) in [5.41, 5.74) is 3.04. The predicted molar refractivity (Wildman–Crippen MR) is 128 cm³/mol. The van der Waals surface area contributed by atoms with E-state index < -0.39 is 5.72 Å². The zero-order chi connectivity index (χ0) is 22.1. The molecule has 1 aliphatic rings. The minimum atomic E-state index is -1.07. The number of fused-ring (bicyclic) bond motifs is 2. The van der Waals surface area contributed by atoms with Crippen LogP contribution in [0.25, 0.3) is 21.8 Å². The zero-order valence-corrected chi connectivity index (χ0v) is 18.6. The monoisotopic (exact) mass is 430 g/mol. The number of nitrogens with zero attached hydrogens (tertiary/aromatic N) is 2. The van der Waals surface area contributed by atoms with Gasteiger partial charge in [-0.25, -0.2) is 0 Å². The number of hydrogen-bond donors (Lipinski definition) is 3. The highest BCUT2D eigenvalue weighted by atomic mass is 16.5. The van der Waals surface area contributed by atoms with E-state index >= 15 is 0 Å². The molecule has 3 heterocycles. The SMILES string of the molecule is COc1ccc2nccc(C(C)(O)N3CCC(NCc4cc5ccccc5[nH]4)CC3)c2c1. The van der Waals surface area contributed by atoms with E-state index in [0.717, 1.165) is 54.7 Å². The molecule has 0 spiro atoms. The highest BCUT2D eigenvalue weighted by Crippen LogP contribution is 2.34. The number of piperidine rings is 1. The first-order valence-electron chi connectivity index (χ1n) is 11.3. The summed E-state index contributed by atoms with van der Waals surface area (Å²) in [6.07, 6.45) is 3.75. The second kappa shape index (κ2) is 8.54. The quantitative estimate of drug-likeness (QED) is 0.429. The van der Waals surface area contributed by atoms with Crippen molar-refractivity contribution in [2.75, 3.05) is 20.2 Å². The minimum Gasteiger partial charge on any atom is -0.497 e. The molecule has 0 aliphatic carbocycles. The first-order chi connectivity index (χ1) is 15.5. The number of para-hydroxylation sites is 1. The second-order valence-electron chi connectivity index (χ2n) is 8.79. The molecular formula is C26H30N4O2. The van der Waals surface area contributed by atoms with E-state index in [0.29, 0.717) is 6.04 Å². The molecule has 0 radical (unpaired) electrons. The fourth-order valence-electron chi connectivity index (χ4n) is 4.84. The lowest BCUT2D eigenvalue weighted by Crippen LogP contribution is -2.51. The van der Waals surface area contributed by atoms with Crippen molar-refractivity contribution in [3.8, 4) is 5.75 Å². The first-order valence-corrected chi connectivity index (χ1v) is 11.3. The van der Waals surface area contributed by atoms with E-state index in [1.165, 1.54) is 16.6 Å². The van der Waals surface area contributed by atoms with Gasteiger partial charge in [0.1, 0.15) is 11.5 Å². The van der Waals surface area contributed by atoms with E-state index in [9.17, 15) is 5.11 Å². The van der Waals surface area contributed by atoms with Crippen molar-refractivity contribution >= 4 is 21.8 Å². The number of likely N-dealkylation sites (tertiary alicyclic amines) is 1. The highest BCUT2D eigenvalue weighted by Gasteiger charge is 2.35. The van der Waals surface area contributed by atoms with Crippen molar-refractivity contribution in [3.05, 3.63) is 72.1 Å². The maximum atomic E-state index is 11.6. The summed E-state index contributed by atoms with van der Waals surface area (Å²) < 4.78 is 5.40. The number of aliphatic hydroxyl groups is 1. The van der Waals surface area contributed by atoms with Crippen LogP contribution >= 0.6 is 0 Å². The molecule has 6 heteroatoms. The van der Waals surface area contributed by atoms with Gasteiger partial charge in [0.25, 0.3) is 0 Å². The lowest BCUT2D eigenvalue weighted by molar-refractivity contribution is -0.110. The Bertz CT molecular complexity index is 1190. The van der Waals surface area contributed by atoms with Gasteiger partial charge < -0.3 is 20.1 Å². The standard InChI is InChI=1S/C26H30N4O2/c1-26(31,23-9-12-27-25-8-7-21(32-2)16-22(23)25)30-13-10-19(11-14-30)28-17-20-15-18-5-3-4-6-24(18)29-20/h3-9,12,15-16,19,28-29,31H,10-11,13-14,17H2,1-2H3. The van der Waals surface area contributed by atoms with Crippen molar-refractivity contribution in [2.45, 2.75) is 38.1 Å². The zero-order valence-electron chi connectivity index (χ0n) is 18.6. The Morgan fingerprint density at radius 1 is 1.16 bits per heavy atom. The number of methoxy groups -OCH3 is 1. The Balaban J connectivity index is 1.25. The fourth-order valence-corrected chi connectivity index (χ4v) is 4.84. The van der Waals surface area contributed by atoms with Crippen LogP contribution in [-0.4, -0.2) is 46.2 Å². The number of aromatic amines is 1. The summed E-state index contributed by atoms with van der Waals surface area (Å²) in [5.74, 6) is 0.766. The summed E-state index contributed by atoms with van der Waals surface area (Å²) in [6.45, 7) is 4.36. The third-order valence-electron chi connectivity index (χ3n) is 6.74. The van der Waals surface area contributed by atoms with Crippen molar-refractivity contribution in [2.24, 2.45) is 0 Å². The normalized spacial score (nSPS) is 17.6. The first kappa shape index (κ1) is 20.9. The van der Waals surface area contributed by atoms with Crippen LogP contribution in [0, 0.1) is 0 Å². The van der Waals surface area contributed by atoms with Gasteiger partial charge in [-0.05, 0) is 61.5 Å². The van der Waals surface area contributed by atoms with Gasteiger partial charge in [-0.2, -0.15) is 0 Å². The molecule has 1 atom stereocenters. The number of aromatic nitrogens is 2. The van der Waals surface area contributed by atoms with Crippen LogP contribution in [-0.2, 0) is 12.3 Å². The Hall–Kier alpha value is -2.93. The average molecular weight is 431 g/mol. The van der Waals surface area contributed by atoms with E-state index in [-0.39, 0.29) is 0 Å². The van der Waals surface area contributed by atoms with E-state index in [1.54, 1.807) is 13.3 Å². The molecule has 1 unspecified atom stereocenters. The average Bonchev–Trinajstić information content (AvgIpc) is 3.25. The smallest absolute Gasteiger partial charge is 0.142 e. The maximum absolute atomic E-state index is 11.6. The van der Waals surface area contributed by atoms with Crippen LogP contribution < -0.4 is 10.1 Å². The second-order valence-corrected chi connectivity index (χ2v) is 8.79. The molecule has 4 aromatic rings. The van der Waals surface area contributed by atoms with E-state index in [1.807, 2.05) is 31.2 Å². The van der Waals surface area contributed by atoms with Gasteiger partial charge in [-0.15, -0.1) is 0 Å². The summed E-state index contributed by atoms with van der Waals surface area (Å²) in [5, 5.41) is 17.4. The number of pyridine rings is 1. The Labute approximate surface area is 188 Å². The Morgan fingerprint density at radius 3 is 2.75 bits per heavy atom. The molecule has 5 rings (SSSR count). The molecule has 2 aromatic carbocycles. The molecule has 0 saturated carbocycles. The number of rotatable bonds is 6. The third kappa shape index (κ3) is 3.97. The summed E-state index contributed by atoms with van der Waals surface area (Å²) in [7, 11) is 1.66. The van der Waals surface area contributed by atoms with Crippen molar-refractivity contribution < 1.29 is 9.84 Å². The molecule has 166 valence electrons. The van der Waals surface area contributed by atoms with Gasteiger partial charge in [0.05, 0.1) is 12.6 Å². The van der Waals surface area contributed by atoms with E-state index in [2.05, 4.69) is 50.5 Å². The number of hydrogen-bond acceptors (Lipinski definition) is 5. The molecule has 6 nitrogen and oxygen atoms in total. The number of benzene rings is 2. The number of nitrogens with one attached hydrogen (secondary N) is 2. The van der Waals surface area contributed by atoms with Gasteiger partial charge in [0.2, 0.25) is 0 Å². The number of ether oxygens (including phenoxy) is 1. The van der Waals surface area contributed by atoms with Gasteiger partial charge in [-0.1, -0.05) is 18.2 Å². The molecular weight excluding hydrogens is 400 g/mol. The Morgan fingerprint density at radius 2 is 1.97 bits per heavy atom. The van der Waals surface area contributed by atoms with Gasteiger partial charge in [0.15, 0.2) is 0 Å². The van der Waals surface area contributed by atoms with Crippen LogP contribution in [0.1, 0.15) is 31.0 Å². The van der Waals surface area contributed by atoms with Crippen LogP contribution in [0.3, 0.4) is 0 Å². The lowest BCUT2D eigenvalue weighted by atomic mass is 9.95. The molecule has 1 fully saturated rings. The summed E-state index contributed by atoms with van der Waals surface area (Å²) in [6, 6.07) is 18.7. The maximum Gasteiger partial charge on any atom is 0.142 e. The van der Waals surface area contributed by atoms with Crippen LogP contribution in [0.4, 0.5) is 0 Å². The largest absolute Gasteiger partial charge is 0.497 e. The summed E-state index contributed by atoms with van der Waals surface area (Å²) >= 11 is 0. The van der Waals surface area contributed by atoms with Crippen LogP contribution in [0.5, 0.6) is 5.75 Å². The van der Waals surface area contributed by atoms with Crippen molar-refractivity contribution in [3.63, 3.8) is 0 Å². The van der Waals surface area contributed by atoms with Crippen molar-refractivity contribution in [1.29, 1.82) is 0 Å². The number of H-pyrrole nitrogens is 1. The molecule has 32 heavy (non-hydrogen) atoms. The predicted octanol–water partition coefficient (Wildman–Crippen LogP) is 4.14. The van der Waals surface area contributed by atoms with Gasteiger partial charge in [0, 0.05) is 54.0 Å². The minimum absolute atomic E-state index is 0.433.